The van der Waals surface area contributed by atoms with E-state index in [2.05, 4.69) is 10.6 Å². The van der Waals surface area contributed by atoms with Gasteiger partial charge in [-0.25, -0.2) is 9.59 Å². The van der Waals surface area contributed by atoms with Crippen molar-refractivity contribution in [2.24, 2.45) is 0 Å². The highest BCUT2D eigenvalue weighted by Crippen LogP contribution is 2.17. The predicted octanol–water partition coefficient (Wildman–Crippen LogP) is 0.609. The number of ether oxygens (including phenoxy) is 1. The number of para-hydroxylation sites is 1. The Hall–Kier alpha value is -2.57. The lowest BCUT2D eigenvalue weighted by Crippen LogP contribution is -2.37. The van der Waals surface area contributed by atoms with Crippen molar-refractivity contribution in [1.82, 2.24) is 10.6 Å². The molecular weight excluding hydrogens is 252 g/mol. The van der Waals surface area contributed by atoms with E-state index in [9.17, 15) is 14.4 Å². The third-order valence-electron chi connectivity index (χ3n) is 2.18. The van der Waals surface area contributed by atoms with Crippen LogP contribution in [0.5, 0.6) is 5.75 Å². The summed E-state index contributed by atoms with van der Waals surface area (Å²) < 4.78 is 5.21. The van der Waals surface area contributed by atoms with Gasteiger partial charge >= 0.3 is 12.0 Å². The number of rotatable bonds is 5. The number of urea groups is 1. The van der Waals surface area contributed by atoms with Crippen molar-refractivity contribution in [3.05, 3.63) is 29.8 Å². The molecule has 1 rings (SSSR count). The van der Waals surface area contributed by atoms with Gasteiger partial charge in [0.05, 0.1) is 13.0 Å². The largest absolute Gasteiger partial charge is 0.492 e. The number of carbonyl (C=O) groups is 3. The topological polar surface area (TPSA) is 105 Å². The van der Waals surface area contributed by atoms with Gasteiger partial charge in [-0.1, -0.05) is 12.1 Å². The fraction of sp³-hybridized carbons (Fsp3) is 0.250. The molecule has 0 saturated carbocycles. The van der Waals surface area contributed by atoms with E-state index in [0.29, 0.717) is 0 Å². The van der Waals surface area contributed by atoms with Gasteiger partial charge in [0.2, 0.25) is 5.91 Å². The normalized spacial score (nSPS) is 9.53. The fourth-order valence-electron chi connectivity index (χ4n) is 1.27. The van der Waals surface area contributed by atoms with Gasteiger partial charge < -0.3 is 15.2 Å². The van der Waals surface area contributed by atoms with Gasteiger partial charge in [0.25, 0.3) is 0 Å². The molecule has 19 heavy (non-hydrogen) atoms. The van der Waals surface area contributed by atoms with Crippen molar-refractivity contribution in [1.29, 1.82) is 0 Å². The number of imide groups is 1. The van der Waals surface area contributed by atoms with E-state index in [1.807, 2.05) is 0 Å². The highest BCUT2D eigenvalue weighted by Gasteiger charge is 2.11. The van der Waals surface area contributed by atoms with Gasteiger partial charge in [0, 0.05) is 7.05 Å². The summed E-state index contributed by atoms with van der Waals surface area (Å²) >= 11 is 0. The van der Waals surface area contributed by atoms with E-state index < -0.39 is 17.9 Å². The molecular formula is C12H14N2O5. The second kappa shape index (κ2) is 7.00. The number of hydrogen-bond donors (Lipinski definition) is 3. The van der Waals surface area contributed by atoms with Crippen LogP contribution in [0.1, 0.15) is 16.8 Å². The third-order valence-corrected chi connectivity index (χ3v) is 2.18. The lowest BCUT2D eigenvalue weighted by atomic mass is 10.2. The van der Waals surface area contributed by atoms with E-state index in [0.717, 1.165) is 0 Å². The summed E-state index contributed by atoms with van der Waals surface area (Å²) in [5.74, 6) is -1.43. The molecule has 1 aromatic rings. The predicted molar refractivity (Wildman–Crippen MR) is 66.1 cm³/mol. The zero-order chi connectivity index (χ0) is 14.3. The molecule has 3 N–H and O–H groups in total. The molecule has 1 aromatic carbocycles. The molecule has 0 unspecified atom stereocenters. The Balaban J connectivity index is 2.47. The Morgan fingerprint density at radius 2 is 1.95 bits per heavy atom. The fourth-order valence-corrected chi connectivity index (χ4v) is 1.27. The van der Waals surface area contributed by atoms with Crippen LogP contribution in [0, 0.1) is 0 Å². The minimum Gasteiger partial charge on any atom is -0.492 e. The van der Waals surface area contributed by atoms with Crippen LogP contribution in [0.3, 0.4) is 0 Å². The monoisotopic (exact) mass is 266 g/mol. The molecule has 0 aliphatic rings. The molecule has 0 radical (unpaired) electrons. The first kappa shape index (κ1) is 14.5. The second-order valence-corrected chi connectivity index (χ2v) is 3.53. The van der Waals surface area contributed by atoms with E-state index in [-0.39, 0.29) is 24.3 Å². The number of carboxylic acid groups (broad SMARTS) is 1. The van der Waals surface area contributed by atoms with E-state index in [1.165, 1.54) is 19.2 Å². The minimum atomic E-state index is -1.11. The summed E-state index contributed by atoms with van der Waals surface area (Å²) in [6.45, 7) is -0.0207. The number of amides is 3. The minimum absolute atomic E-state index is 0.0207. The number of carboxylic acids is 1. The molecule has 0 atom stereocenters. The van der Waals surface area contributed by atoms with E-state index >= 15 is 0 Å². The van der Waals surface area contributed by atoms with Crippen LogP contribution in [0.2, 0.25) is 0 Å². The Morgan fingerprint density at radius 3 is 2.58 bits per heavy atom. The Kier molecular flexibility index (Phi) is 5.34. The molecule has 0 aliphatic carbocycles. The lowest BCUT2D eigenvalue weighted by Gasteiger charge is -2.08. The standard InChI is InChI=1S/C12H14N2O5/c1-13-12(18)14-10(15)6-7-19-9-5-3-2-4-8(9)11(16)17/h2-5H,6-7H2,1H3,(H,16,17)(H2,13,14,15,18). The number of carbonyl (C=O) groups excluding carboxylic acids is 2. The Labute approximate surface area is 109 Å². The van der Waals surface area contributed by atoms with Gasteiger partial charge in [-0.05, 0) is 12.1 Å². The Bertz CT molecular complexity index is 487. The summed E-state index contributed by atoms with van der Waals surface area (Å²) in [5, 5.41) is 13.2. The maximum Gasteiger partial charge on any atom is 0.339 e. The van der Waals surface area contributed by atoms with Gasteiger partial charge in [-0.3, -0.25) is 10.1 Å². The van der Waals surface area contributed by atoms with Crippen molar-refractivity contribution in [3.8, 4) is 5.75 Å². The van der Waals surface area contributed by atoms with Crippen LogP contribution in [0.15, 0.2) is 24.3 Å². The lowest BCUT2D eigenvalue weighted by molar-refractivity contribution is -0.120. The molecule has 0 heterocycles. The smallest absolute Gasteiger partial charge is 0.339 e. The highest BCUT2D eigenvalue weighted by molar-refractivity contribution is 5.94. The molecule has 0 saturated heterocycles. The molecule has 3 amide bonds. The summed E-state index contributed by atoms with van der Waals surface area (Å²) in [6, 6.07) is 5.51. The second-order valence-electron chi connectivity index (χ2n) is 3.53. The number of nitrogens with one attached hydrogen (secondary N) is 2. The van der Waals surface area contributed by atoms with Gasteiger partial charge in [0.15, 0.2) is 0 Å². The highest BCUT2D eigenvalue weighted by atomic mass is 16.5. The van der Waals surface area contributed by atoms with Gasteiger partial charge in [-0.2, -0.15) is 0 Å². The van der Waals surface area contributed by atoms with E-state index in [4.69, 9.17) is 9.84 Å². The van der Waals surface area contributed by atoms with Crippen LogP contribution < -0.4 is 15.4 Å². The quantitative estimate of drug-likeness (QED) is 0.724. The molecule has 7 nitrogen and oxygen atoms in total. The van der Waals surface area contributed by atoms with Crippen molar-refractivity contribution in [2.75, 3.05) is 13.7 Å². The summed E-state index contributed by atoms with van der Waals surface area (Å²) in [7, 11) is 1.39. The first-order valence-electron chi connectivity index (χ1n) is 5.51. The number of benzene rings is 1. The first-order valence-corrected chi connectivity index (χ1v) is 5.51. The van der Waals surface area contributed by atoms with Gasteiger partial charge in [-0.15, -0.1) is 0 Å². The number of aromatic carboxylic acids is 1. The molecule has 0 spiro atoms. The molecule has 102 valence electrons. The van der Waals surface area contributed by atoms with E-state index in [1.54, 1.807) is 12.1 Å². The van der Waals surface area contributed by atoms with Crippen LogP contribution in [0.25, 0.3) is 0 Å². The first-order chi connectivity index (χ1) is 9.04. The van der Waals surface area contributed by atoms with Crippen molar-refractivity contribution in [2.45, 2.75) is 6.42 Å². The van der Waals surface area contributed by atoms with Gasteiger partial charge in [0.1, 0.15) is 11.3 Å². The molecule has 7 heteroatoms. The molecule has 0 bridgehead atoms. The zero-order valence-electron chi connectivity index (χ0n) is 10.3. The SMILES string of the molecule is CNC(=O)NC(=O)CCOc1ccccc1C(=O)O. The van der Waals surface area contributed by atoms with Crippen molar-refractivity contribution < 1.29 is 24.2 Å². The summed E-state index contributed by atoms with van der Waals surface area (Å²) in [5.41, 5.74) is 0.0224. The van der Waals surface area contributed by atoms with Crippen LogP contribution >= 0.6 is 0 Å². The average molecular weight is 266 g/mol. The van der Waals surface area contributed by atoms with Crippen molar-refractivity contribution in [3.63, 3.8) is 0 Å². The molecule has 0 aromatic heterocycles. The summed E-state index contributed by atoms with van der Waals surface area (Å²) in [6.07, 6.45) is -0.0542. The average Bonchev–Trinajstić information content (AvgIpc) is 2.38. The summed E-state index contributed by atoms with van der Waals surface area (Å²) in [4.78, 5) is 33.0. The zero-order valence-corrected chi connectivity index (χ0v) is 10.3. The Morgan fingerprint density at radius 1 is 1.26 bits per heavy atom. The maximum atomic E-state index is 11.3. The third kappa shape index (κ3) is 4.66. The van der Waals surface area contributed by atoms with Crippen LogP contribution in [0.4, 0.5) is 4.79 Å². The van der Waals surface area contributed by atoms with Crippen LogP contribution in [-0.2, 0) is 4.79 Å². The maximum absolute atomic E-state index is 11.3. The number of hydrogen-bond acceptors (Lipinski definition) is 4. The molecule has 0 fully saturated rings. The molecule has 0 aliphatic heterocycles. The van der Waals surface area contributed by atoms with Crippen molar-refractivity contribution >= 4 is 17.9 Å². The van der Waals surface area contributed by atoms with Crippen LogP contribution in [-0.4, -0.2) is 36.7 Å².